The molecule has 0 atom stereocenters. The molecule has 98 valence electrons. The third-order valence-electron chi connectivity index (χ3n) is 2.37. The van der Waals surface area contributed by atoms with E-state index >= 15 is 0 Å². The van der Waals surface area contributed by atoms with Crippen molar-refractivity contribution in [2.24, 2.45) is 0 Å². The van der Waals surface area contributed by atoms with E-state index in [1.165, 1.54) is 19.5 Å². The van der Waals surface area contributed by atoms with Crippen LogP contribution >= 0.6 is 15.9 Å². The van der Waals surface area contributed by atoms with Gasteiger partial charge >= 0.3 is 0 Å². The largest absolute Gasteiger partial charge is 0.497 e. The Hall–Kier alpha value is -2.15. The minimum atomic E-state index is -0.350. The highest BCUT2D eigenvalue weighted by atomic mass is 79.9. The number of anilines is 2. The topological polar surface area (TPSA) is 90.1 Å². The van der Waals surface area contributed by atoms with Crippen LogP contribution in [0.1, 0.15) is 10.4 Å². The molecule has 2 rings (SSSR count). The van der Waals surface area contributed by atoms with Gasteiger partial charge in [-0.2, -0.15) is 0 Å². The van der Waals surface area contributed by atoms with E-state index in [2.05, 4.69) is 31.2 Å². The quantitative estimate of drug-likeness (QED) is 0.844. The molecule has 19 heavy (non-hydrogen) atoms. The van der Waals surface area contributed by atoms with Gasteiger partial charge < -0.3 is 15.8 Å². The van der Waals surface area contributed by atoms with Crippen LogP contribution in [0.5, 0.6) is 5.75 Å². The fourth-order valence-corrected chi connectivity index (χ4v) is 1.64. The van der Waals surface area contributed by atoms with E-state index in [1.54, 1.807) is 18.2 Å². The van der Waals surface area contributed by atoms with Crippen molar-refractivity contribution in [2.45, 2.75) is 0 Å². The van der Waals surface area contributed by atoms with Crippen LogP contribution < -0.4 is 15.8 Å². The number of halogens is 1. The number of carbonyl (C=O) groups excluding carboxylic acids is 1. The number of benzene rings is 1. The Kier molecular flexibility index (Phi) is 3.96. The Bertz CT molecular complexity index is 601. The van der Waals surface area contributed by atoms with Crippen molar-refractivity contribution in [3.05, 3.63) is 40.8 Å². The molecule has 1 amide bonds. The first-order valence-electron chi connectivity index (χ1n) is 5.32. The third kappa shape index (κ3) is 3.19. The van der Waals surface area contributed by atoms with Gasteiger partial charge in [0.2, 0.25) is 0 Å². The van der Waals surface area contributed by atoms with E-state index in [4.69, 9.17) is 10.5 Å². The molecule has 1 aromatic carbocycles. The molecule has 0 saturated carbocycles. The van der Waals surface area contributed by atoms with E-state index in [-0.39, 0.29) is 5.91 Å². The summed E-state index contributed by atoms with van der Waals surface area (Å²) in [5, 5.41) is 2.61. The van der Waals surface area contributed by atoms with Crippen LogP contribution in [-0.4, -0.2) is 23.0 Å². The summed E-state index contributed by atoms with van der Waals surface area (Å²) in [6.07, 6.45) is 2.94. The standard InChI is InChI=1S/C12H11BrN4O2/c1-19-7-2-3-8(9(14)4-7)12(18)17-11-6-15-10(13)5-16-11/h2-6H,14H2,1H3,(H,16,17,18). The number of ether oxygens (including phenoxy) is 1. The van der Waals surface area contributed by atoms with E-state index in [0.717, 1.165) is 0 Å². The second-order valence-electron chi connectivity index (χ2n) is 3.63. The summed E-state index contributed by atoms with van der Waals surface area (Å²) in [4.78, 5) is 20.0. The van der Waals surface area contributed by atoms with Gasteiger partial charge in [0.1, 0.15) is 10.4 Å². The molecule has 0 spiro atoms. The third-order valence-corrected chi connectivity index (χ3v) is 2.77. The van der Waals surface area contributed by atoms with Crippen molar-refractivity contribution >= 4 is 33.3 Å². The molecule has 0 bridgehead atoms. The fourth-order valence-electron chi connectivity index (χ4n) is 1.44. The first-order valence-corrected chi connectivity index (χ1v) is 6.12. The van der Waals surface area contributed by atoms with Gasteiger partial charge in [-0.25, -0.2) is 9.97 Å². The van der Waals surface area contributed by atoms with Gasteiger partial charge in [0.25, 0.3) is 5.91 Å². The molecule has 0 aliphatic heterocycles. The monoisotopic (exact) mass is 322 g/mol. The highest BCUT2D eigenvalue weighted by molar-refractivity contribution is 9.10. The summed E-state index contributed by atoms with van der Waals surface area (Å²) in [6.45, 7) is 0. The smallest absolute Gasteiger partial charge is 0.258 e. The van der Waals surface area contributed by atoms with Crippen LogP contribution in [-0.2, 0) is 0 Å². The lowest BCUT2D eigenvalue weighted by molar-refractivity contribution is 0.102. The Morgan fingerprint density at radius 2 is 2.16 bits per heavy atom. The van der Waals surface area contributed by atoms with Crippen LogP contribution in [0.25, 0.3) is 0 Å². The highest BCUT2D eigenvalue weighted by Gasteiger charge is 2.11. The van der Waals surface area contributed by atoms with Gasteiger partial charge in [-0.1, -0.05) is 0 Å². The highest BCUT2D eigenvalue weighted by Crippen LogP contribution is 2.20. The number of amides is 1. The minimum Gasteiger partial charge on any atom is -0.497 e. The first-order chi connectivity index (χ1) is 9.10. The van der Waals surface area contributed by atoms with Crippen molar-refractivity contribution in [1.29, 1.82) is 0 Å². The molecule has 0 radical (unpaired) electrons. The fraction of sp³-hybridized carbons (Fsp3) is 0.0833. The van der Waals surface area contributed by atoms with E-state index < -0.39 is 0 Å². The zero-order valence-corrected chi connectivity index (χ0v) is 11.6. The summed E-state index contributed by atoms with van der Waals surface area (Å²) in [5.74, 6) is 0.595. The number of nitrogens with two attached hydrogens (primary N) is 1. The van der Waals surface area contributed by atoms with Crippen molar-refractivity contribution in [3.8, 4) is 5.75 Å². The summed E-state index contributed by atoms with van der Waals surface area (Å²) in [7, 11) is 1.53. The zero-order valence-electron chi connectivity index (χ0n) is 10.1. The lowest BCUT2D eigenvalue weighted by Crippen LogP contribution is -2.15. The summed E-state index contributed by atoms with van der Waals surface area (Å²) < 4.78 is 5.61. The predicted molar refractivity (Wildman–Crippen MR) is 75.1 cm³/mol. The maximum Gasteiger partial charge on any atom is 0.258 e. The molecule has 3 N–H and O–H groups in total. The second-order valence-corrected chi connectivity index (χ2v) is 4.44. The molecular weight excluding hydrogens is 312 g/mol. The van der Waals surface area contributed by atoms with Gasteiger partial charge in [0, 0.05) is 11.8 Å². The van der Waals surface area contributed by atoms with E-state index in [9.17, 15) is 4.79 Å². The van der Waals surface area contributed by atoms with Crippen molar-refractivity contribution < 1.29 is 9.53 Å². The molecule has 0 aliphatic carbocycles. The maximum absolute atomic E-state index is 12.0. The number of aromatic nitrogens is 2. The zero-order chi connectivity index (χ0) is 13.8. The van der Waals surface area contributed by atoms with Crippen LogP contribution in [0, 0.1) is 0 Å². The number of hydrogen-bond donors (Lipinski definition) is 2. The van der Waals surface area contributed by atoms with Crippen LogP contribution in [0.3, 0.4) is 0 Å². The summed E-state index contributed by atoms with van der Waals surface area (Å²) >= 11 is 3.16. The van der Waals surface area contributed by atoms with Crippen LogP contribution in [0.2, 0.25) is 0 Å². The van der Waals surface area contributed by atoms with Crippen molar-refractivity contribution in [3.63, 3.8) is 0 Å². The molecule has 0 unspecified atom stereocenters. The Morgan fingerprint density at radius 1 is 1.37 bits per heavy atom. The average molecular weight is 323 g/mol. The molecule has 7 heteroatoms. The summed E-state index contributed by atoms with van der Waals surface area (Å²) in [5.41, 5.74) is 6.48. The lowest BCUT2D eigenvalue weighted by Gasteiger charge is -2.08. The SMILES string of the molecule is COc1ccc(C(=O)Nc2cnc(Br)cn2)c(N)c1. The number of hydrogen-bond acceptors (Lipinski definition) is 5. The van der Waals surface area contributed by atoms with E-state index in [0.29, 0.717) is 27.4 Å². The minimum absolute atomic E-state index is 0.335. The van der Waals surface area contributed by atoms with Gasteiger partial charge in [-0.05, 0) is 28.1 Å². The number of nitrogens with one attached hydrogen (secondary N) is 1. The molecule has 0 aliphatic rings. The molecule has 6 nitrogen and oxygen atoms in total. The second kappa shape index (κ2) is 5.66. The molecule has 0 saturated heterocycles. The number of carbonyl (C=O) groups is 1. The molecule has 0 fully saturated rings. The number of rotatable bonds is 3. The maximum atomic E-state index is 12.0. The first kappa shape index (κ1) is 13.3. The van der Waals surface area contributed by atoms with Crippen LogP contribution in [0.15, 0.2) is 35.2 Å². The summed E-state index contributed by atoms with van der Waals surface area (Å²) in [6, 6.07) is 4.84. The lowest BCUT2D eigenvalue weighted by atomic mass is 10.1. The van der Waals surface area contributed by atoms with Gasteiger partial charge in [0.15, 0.2) is 5.82 Å². The Labute approximate surface area is 118 Å². The molecule has 1 heterocycles. The van der Waals surface area contributed by atoms with E-state index in [1.807, 2.05) is 0 Å². The molecular formula is C12H11BrN4O2. The number of nitrogens with zero attached hydrogens (tertiary/aromatic N) is 2. The number of nitrogen functional groups attached to an aromatic ring is 1. The van der Waals surface area contributed by atoms with Gasteiger partial charge in [-0.15, -0.1) is 0 Å². The average Bonchev–Trinajstić information content (AvgIpc) is 2.41. The Balaban J connectivity index is 2.18. The number of methoxy groups -OCH3 is 1. The van der Waals surface area contributed by atoms with Gasteiger partial charge in [-0.3, -0.25) is 4.79 Å². The van der Waals surface area contributed by atoms with Gasteiger partial charge in [0.05, 0.1) is 25.1 Å². The molecule has 2 aromatic rings. The normalized spacial score (nSPS) is 10.0. The van der Waals surface area contributed by atoms with Crippen molar-refractivity contribution in [2.75, 3.05) is 18.2 Å². The van der Waals surface area contributed by atoms with Crippen molar-refractivity contribution in [1.82, 2.24) is 9.97 Å². The Morgan fingerprint density at radius 3 is 2.74 bits per heavy atom. The van der Waals surface area contributed by atoms with Crippen LogP contribution in [0.4, 0.5) is 11.5 Å². The predicted octanol–water partition coefficient (Wildman–Crippen LogP) is 2.08. The molecule has 1 aromatic heterocycles.